The molecule has 10 heteroatoms. The van der Waals surface area contributed by atoms with E-state index in [1.807, 2.05) is 36.0 Å². The zero-order valence-electron chi connectivity index (χ0n) is 73.2. The van der Waals surface area contributed by atoms with Gasteiger partial charge in [-0.25, -0.2) is 0 Å². The van der Waals surface area contributed by atoms with Crippen LogP contribution >= 0.6 is 11.8 Å². The van der Waals surface area contributed by atoms with Crippen LogP contribution in [-0.4, -0.2) is 7.05 Å². The monoisotopic (exact) mass is 1700 g/mol. The molecular formula is C121H90N8OS. The molecule has 4 aliphatic heterocycles. The molecule has 626 valence electrons. The van der Waals surface area contributed by atoms with Gasteiger partial charge in [0.1, 0.15) is 0 Å². The van der Waals surface area contributed by atoms with Gasteiger partial charge in [0, 0.05) is 90.2 Å². The smallest absolute Gasteiger partial charge is 0.151 e. The first kappa shape index (κ1) is 78.2. The standard InChI is InChI=1S/C63H46N4S.C58H44N4O/c1-63(2)53-22-10-9-21-51(53)52-39-38-50(42-54(52)63)64(48-34-36-49(37-35-48)67-58-25-13-15-27-61(58)68-62-28-16-14-26-59(62)67)47-32-29-43(30-33-47)44-31-40-57-60(41-44)66(46-19-7-4-8-20-46)56-24-12-11-23-55(56)65(57)45-17-5-3-6-18-45;1-58(2)48-18-8-7-17-46(48)47-35-34-45(38-49(47)58)60(43-30-32-44(33-31-43)62-53-21-11-13-23-56(53)63-57-24-14-12-22-54(57)62)42-28-25-39(26-29-42)40-27-36-52-55(37-40)59(3)50-19-9-10-20-51(50)61(52)41-15-5-4-6-16-41/h3-42H,1-2H3;4-38H,1-3H3. The fourth-order valence-corrected chi connectivity index (χ4v) is 21.8. The first-order chi connectivity index (χ1) is 64.4. The van der Waals surface area contributed by atoms with E-state index >= 15 is 0 Å². The van der Waals surface area contributed by atoms with Crippen LogP contribution in [0, 0.1) is 0 Å². The Morgan fingerprint density at radius 2 is 0.489 bits per heavy atom. The van der Waals surface area contributed by atoms with E-state index in [-0.39, 0.29) is 10.8 Å². The maximum absolute atomic E-state index is 6.34. The van der Waals surface area contributed by atoms with Crippen molar-refractivity contribution >= 4 is 143 Å². The van der Waals surface area contributed by atoms with Crippen LogP contribution in [0.3, 0.4) is 0 Å². The Labute approximate surface area is 769 Å². The number of nitrogens with zero attached hydrogens (tertiary/aromatic N) is 8. The zero-order valence-corrected chi connectivity index (χ0v) is 74.0. The molecule has 19 aromatic rings. The first-order valence-corrected chi connectivity index (χ1v) is 45.8. The van der Waals surface area contributed by atoms with E-state index in [2.05, 4.69) is 505 Å². The maximum atomic E-state index is 6.34. The van der Waals surface area contributed by atoms with Crippen molar-refractivity contribution in [2.75, 3.05) is 46.2 Å². The molecule has 25 rings (SSSR count). The van der Waals surface area contributed by atoms with E-state index in [1.165, 1.54) is 82.6 Å². The minimum atomic E-state index is -0.134. The molecule has 0 atom stereocenters. The Hall–Kier alpha value is -16.3. The maximum Gasteiger partial charge on any atom is 0.151 e. The van der Waals surface area contributed by atoms with Gasteiger partial charge in [-0.15, -0.1) is 0 Å². The molecule has 6 aliphatic rings. The Morgan fingerprint density at radius 1 is 0.206 bits per heavy atom. The zero-order chi connectivity index (χ0) is 87.6. The van der Waals surface area contributed by atoms with E-state index in [4.69, 9.17) is 4.74 Å². The second-order valence-corrected chi connectivity index (χ2v) is 36.4. The van der Waals surface area contributed by atoms with Crippen LogP contribution in [0.5, 0.6) is 11.5 Å². The van der Waals surface area contributed by atoms with E-state index < -0.39 is 0 Å². The van der Waals surface area contributed by atoms with Crippen molar-refractivity contribution in [1.82, 2.24) is 0 Å². The third-order valence-electron chi connectivity index (χ3n) is 27.1. The van der Waals surface area contributed by atoms with Gasteiger partial charge in [-0.1, -0.05) is 264 Å². The summed E-state index contributed by atoms with van der Waals surface area (Å²) in [6.07, 6.45) is 0. The summed E-state index contributed by atoms with van der Waals surface area (Å²) in [7, 11) is 2.17. The van der Waals surface area contributed by atoms with Gasteiger partial charge >= 0.3 is 0 Å². The molecule has 2 aliphatic carbocycles. The van der Waals surface area contributed by atoms with E-state index in [1.54, 1.807) is 0 Å². The molecule has 0 N–H and O–H groups in total. The molecule has 0 unspecified atom stereocenters. The molecule has 4 heterocycles. The summed E-state index contributed by atoms with van der Waals surface area (Å²) in [6.45, 7) is 9.41. The predicted octanol–water partition coefficient (Wildman–Crippen LogP) is 34.6. The SMILES string of the molecule is CC1(C)c2ccccc2-c2ccc(N(c3ccc(-c4ccc5c(c4)N(c4ccccc4)c4ccccc4N5c4ccccc4)cc3)c3ccc(N4c5ccccc5Sc5ccccc54)cc3)cc21.CN1c2ccccc2N(c2ccccc2)c2ccc(-c3ccc(N(c4ccc(N5c6ccccc6Oc6ccccc65)cc4)c4ccc5c(c4)C(C)(C)c4ccccc4-5)cc3)cc21. The summed E-state index contributed by atoms with van der Waals surface area (Å²) >= 11 is 1.84. The number of para-hydroxylation sites is 13. The average Bonchev–Trinajstić information content (AvgIpc) is 1.58. The molecule has 0 spiro atoms. The fourth-order valence-electron chi connectivity index (χ4n) is 20.7. The van der Waals surface area contributed by atoms with Crippen LogP contribution in [0.15, 0.2) is 465 Å². The summed E-state index contributed by atoms with van der Waals surface area (Å²) in [6, 6.07) is 165. The number of hydrogen-bond donors (Lipinski definition) is 0. The highest BCUT2D eigenvalue weighted by Crippen LogP contribution is 2.60. The normalized spacial score (nSPS) is 13.7. The molecule has 0 aromatic heterocycles. The quantitative estimate of drug-likeness (QED) is 0.111. The summed E-state index contributed by atoms with van der Waals surface area (Å²) in [5.41, 5.74) is 40.8. The minimum absolute atomic E-state index is 0.130. The van der Waals surface area contributed by atoms with Crippen molar-refractivity contribution in [3.63, 3.8) is 0 Å². The molecule has 131 heavy (non-hydrogen) atoms. The highest BCUT2D eigenvalue weighted by Gasteiger charge is 2.40. The van der Waals surface area contributed by atoms with Gasteiger partial charge in [0.05, 0.1) is 68.2 Å². The molecule has 0 fully saturated rings. The predicted molar refractivity (Wildman–Crippen MR) is 547 cm³/mol. The molecule has 9 nitrogen and oxygen atoms in total. The van der Waals surface area contributed by atoms with Gasteiger partial charge in [-0.05, 0) is 297 Å². The van der Waals surface area contributed by atoms with Gasteiger partial charge in [-0.3, -0.25) is 0 Å². The van der Waals surface area contributed by atoms with Gasteiger partial charge in [-0.2, -0.15) is 0 Å². The van der Waals surface area contributed by atoms with Crippen LogP contribution in [0.25, 0.3) is 44.5 Å². The molecule has 0 saturated heterocycles. The van der Waals surface area contributed by atoms with Crippen LogP contribution in [0.1, 0.15) is 49.9 Å². The molecule has 0 radical (unpaired) electrons. The lowest BCUT2D eigenvalue weighted by molar-refractivity contribution is 0.477. The lowest BCUT2D eigenvalue weighted by Crippen LogP contribution is -2.24. The molecular weight excluding hydrogens is 1610 g/mol. The summed E-state index contributed by atoms with van der Waals surface area (Å²) < 4.78 is 6.34. The Morgan fingerprint density at radius 3 is 0.924 bits per heavy atom. The largest absolute Gasteiger partial charge is 0.453 e. The third-order valence-corrected chi connectivity index (χ3v) is 28.2. The van der Waals surface area contributed by atoms with Crippen molar-refractivity contribution in [1.29, 1.82) is 0 Å². The summed E-state index contributed by atoms with van der Waals surface area (Å²) in [5, 5.41) is 0. The van der Waals surface area contributed by atoms with Crippen LogP contribution in [-0.2, 0) is 10.8 Å². The number of hydrogen-bond acceptors (Lipinski definition) is 10. The molecule has 0 amide bonds. The van der Waals surface area contributed by atoms with E-state index in [0.29, 0.717) is 0 Å². The number of ether oxygens (including phenoxy) is 1. The molecule has 0 bridgehead atoms. The number of anilines is 23. The fraction of sp³-hybridized carbons (Fsp3) is 0.0579. The second kappa shape index (κ2) is 31.6. The van der Waals surface area contributed by atoms with Gasteiger partial charge in [0.2, 0.25) is 0 Å². The minimum Gasteiger partial charge on any atom is -0.453 e. The van der Waals surface area contributed by atoms with Crippen molar-refractivity contribution in [3.05, 3.63) is 477 Å². The Balaban J connectivity index is 0.000000145. The highest BCUT2D eigenvalue weighted by molar-refractivity contribution is 7.99. The van der Waals surface area contributed by atoms with Gasteiger partial charge in [0.25, 0.3) is 0 Å². The van der Waals surface area contributed by atoms with Crippen LogP contribution in [0.2, 0.25) is 0 Å². The van der Waals surface area contributed by atoms with Crippen LogP contribution in [0.4, 0.5) is 131 Å². The third kappa shape index (κ3) is 13.2. The second-order valence-electron chi connectivity index (χ2n) is 35.3. The van der Waals surface area contributed by atoms with Crippen LogP contribution < -0.4 is 43.9 Å². The van der Waals surface area contributed by atoms with E-state index in [9.17, 15) is 0 Å². The van der Waals surface area contributed by atoms with Gasteiger partial charge in [0.15, 0.2) is 11.5 Å². The van der Waals surface area contributed by atoms with Crippen molar-refractivity contribution < 1.29 is 4.74 Å². The number of rotatable bonds is 13. The molecule has 19 aromatic carbocycles. The lowest BCUT2D eigenvalue weighted by atomic mass is 9.82. The highest BCUT2D eigenvalue weighted by atomic mass is 32.2. The number of benzene rings is 19. The topological polar surface area (TPSA) is 35.2 Å². The van der Waals surface area contributed by atoms with E-state index in [0.717, 1.165) is 136 Å². The number of fused-ring (bicyclic) bond motifs is 14. The summed E-state index contributed by atoms with van der Waals surface area (Å²) in [5.74, 6) is 1.68. The van der Waals surface area contributed by atoms with Crippen molar-refractivity contribution in [3.8, 4) is 56.0 Å². The lowest BCUT2D eigenvalue weighted by Gasteiger charge is -2.40. The average molecular weight is 1700 g/mol. The molecule has 0 saturated carbocycles. The van der Waals surface area contributed by atoms with Crippen molar-refractivity contribution in [2.24, 2.45) is 0 Å². The first-order valence-electron chi connectivity index (χ1n) is 45.0. The Bertz CT molecular complexity index is 7560. The van der Waals surface area contributed by atoms with Gasteiger partial charge < -0.3 is 43.9 Å². The van der Waals surface area contributed by atoms with Crippen molar-refractivity contribution in [2.45, 2.75) is 48.3 Å². The Kier molecular flexibility index (Phi) is 18.9. The summed E-state index contributed by atoms with van der Waals surface area (Å²) in [4.78, 5) is 21.5.